The van der Waals surface area contributed by atoms with Crippen LogP contribution in [0.1, 0.15) is 54.5 Å². The number of hydrogen-bond acceptors (Lipinski definition) is 6. The summed E-state index contributed by atoms with van der Waals surface area (Å²) < 4.78 is 10.3. The summed E-state index contributed by atoms with van der Waals surface area (Å²) in [5.74, 6) is 0.0892. The van der Waals surface area contributed by atoms with E-state index < -0.39 is 12.2 Å². The Morgan fingerprint density at radius 2 is 2.23 bits per heavy atom. The van der Waals surface area contributed by atoms with Crippen LogP contribution in [0.2, 0.25) is 0 Å². The first kappa shape index (κ1) is 22.8. The highest BCUT2D eigenvalue weighted by molar-refractivity contribution is 7.13. The molecule has 7 nitrogen and oxygen atoms in total. The Morgan fingerprint density at radius 1 is 1.47 bits per heavy atom. The fraction of sp³-hybridized carbons (Fsp3) is 0.636. The predicted molar refractivity (Wildman–Crippen MR) is 119 cm³/mol. The van der Waals surface area contributed by atoms with Gasteiger partial charge in [-0.2, -0.15) is 0 Å². The molecule has 0 bridgehead atoms. The van der Waals surface area contributed by atoms with Gasteiger partial charge >= 0.3 is 6.09 Å². The van der Waals surface area contributed by atoms with Crippen molar-refractivity contribution in [1.29, 1.82) is 0 Å². The second kappa shape index (κ2) is 10.4. The quantitative estimate of drug-likeness (QED) is 0.583. The molecule has 166 valence electrons. The normalized spacial score (nSPS) is 19.8. The third-order valence-electron chi connectivity index (χ3n) is 5.52. The number of nitrogens with one attached hydrogen (secondary N) is 2. The average Bonchev–Trinajstić information content (AvgIpc) is 3.48. The van der Waals surface area contributed by atoms with E-state index in [9.17, 15) is 9.59 Å². The first-order valence-electron chi connectivity index (χ1n) is 10.7. The lowest BCUT2D eigenvalue weighted by Crippen LogP contribution is -2.50. The highest BCUT2D eigenvalue weighted by Crippen LogP contribution is 2.40. The van der Waals surface area contributed by atoms with E-state index in [2.05, 4.69) is 34.9 Å². The van der Waals surface area contributed by atoms with E-state index in [1.807, 2.05) is 11.8 Å². The van der Waals surface area contributed by atoms with Crippen LogP contribution < -0.4 is 10.6 Å². The summed E-state index contributed by atoms with van der Waals surface area (Å²) in [5.41, 5.74) is 2.25. The molecule has 30 heavy (non-hydrogen) atoms. The first-order valence-corrected chi connectivity index (χ1v) is 11.5. The molecular formula is C22H33N3O4S. The highest BCUT2D eigenvalue weighted by Gasteiger charge is 2.40. The minimum absolute atomic E-state index is 0.000528. The molecule has 8 heteroatoms. The number of hydrogen-bond donors (Lipinski definition) is 2. The molecule has 0 spiro atoms. The van der Waals surface area contributed by atoms with Gasteiger partial charge in [0, 0.05) is 35.4 Å². The lowest BCUT2D eigenvalue weighted by molar-refractivity contribution is -0.148. The van der Waals surface area contributed by atoms with E-state index >= 15 is 0 Å². The van der Waals surface area contributed by atoms with Crippen molar-refractivity contribution in [2.45, 2.75) is 57.7 Å². The second-order valence-electron chi connectivity index (χ2n) is 8.02. The monoisotopic (exact) mass is 435 g/mol. The molecule has 3 rings (SSSR count). The molecule has 2 heterocycles. The molecule has 0 radical (unpaired) electrons. The van der Waals surface area contributed by atoms with Crippen LogP contribution in [0, 0.1) is 0 Å². The van der Waals surface area contributed by atoms with Crippen molar-refractivity contribution >= 4 is 28.9 Å². The lowest BCUT2D eigenvalue weighted by atomic mass is 10.1. The van der Waals surface area contributed by atoms with E-state index in [4.69, 9.17) is 4.74 Å². The van der Waals surface area contributed by atoms with Crippen LogP contribution in [0.4, 0.5) is 4.79 Å². The maximum absolute atomic E-state index is 13.2. The number of nitrogens with zero attached hydrogens (tertiary/aromatic N) is 1. The fourth-order valence-electron chi connectivity index (χ4n) is 3.81. The van der Waals surface area contributed by atoms with Gasteiger partial charge in [-0.1, -0.05) is 6.58 Å². The van der Waals surface area contributed by atoms with E-state index in [-0.39, 0.29) is 11.9 Å². The van der Waals surface area contributed by atoms with Crippen LogP contribution in [0.25, 0.3) is 5.57 Å². The summed E-state index contributed by atoms with van der Waals surface area (Å²) in [5, 5.41) is 5.98. The van der Waals surface area contributed by atoms with Gasteiger partial charge in [-0.05, 0) is 56.7 Å². The molecule has 1 unspecified atom stereocenters. The Morgan fingerprint density at radius 3 is 2.83 bits per heavy atom. The number of morpholine rings is 1. The van der Waals surface area contributed by atoms with Gasteiger partial charge in [-0.3, -0.25) is 4.79 Å². The largest absolute Gasteiger partial charge is 0.453 e. The van der Waals surface area contributed by atoms with Gasteiger partial charge in [0.15, 0.2) is 0 Å². The van der Waals surface area contributed by atoms with Gasteiger partial charge in [0.05, 0.1) is 19.8 Å². The Bertz CT molecular complexity index is 768. The number of amides is 2. The van der Waals surface area contributed by atoms with Gasteiger partial charge in [0.25, 0.3) is 5.91 Å². The number of allylic oxidation sites excluding steroid dienone is 1. The number of rotatable bonds is 9. The molecule has 2 fully saturated rings. The zero-order valence-corrected chi connectivity index (χ0v) is 19.0. The molecular weight excluding hydrogens is 402 g/mol. The lowest BCUT2D eigenvalue weighted by Gasteiger charge is -2.33. The third kappa shape index (κ3) is 5.62. The van der Waals surface area contributed by atoms with Crippen LogP contribution in [0.15, 0.2) is 12.6 Å². The SMILES string of the molecule is C=C(C)c1sc(C(C)N(C(=O)[C@H]2CNCCO2)C2CC2)cc1CCCNC(=O)OC. The Hall–Kier alpha value is -1.90. The van der Waals surface area contributed by atoms with E-state index in [1.165, 1.54) is 22.4 Å². The van der Waals surface area contributed by atoms with Crippen molar-refractivity contribution < 1.29 is 19.1 Å². The third-order valence-corrected chi connectivity index (χ3v) is 7.03. The molecule has 2 atom stereocenters. The second-order valence-corrected chi connectivity index (χ2v) is 9.11. The summed E-state index contributed by atoms with van der Waals surface area (Å²) >= 11 is 1.72. The van der Waals surface area contributed by atoms with E-state index in [0.29, 0.717) is 25.7 Å². The van der Waals surface area contributed by atoms with Crippen LogP contribution in [-0.2, 0) is 20.7 Å². The molecule has 0 aromatic carbocycles. The molecule has 1 saturated carbocycles. The van der Waals surface area contributed by atoms with Crippen LogP contribution in [-0.4, -0.2) is 62.4 Å². The number of methoxy groups -OCH3 is 1. The van der Waals surface area contributed by atoms with Gasteiger partial charge < -0.3 is 25.0 Å². The minimum Gasteiger partial charge on any atom is -0.453 e. The van der Waals surface area contributed by atoms with Gasteiger partial charge in [0.1, 0.15) is 6.10 Å². The maximum Gasteiger partial charge on any atom is 0.406 e. The van der Waals surface area contributed by atoms with Crippen molar-refractivity contribution in [3.05, 3.63) is 28.0 Å². The van der Waals surface area contributed by atoms with E-state index in [0.717, 1.165) is 37.8 Å². The first-order chi connectivity index (χ1) is 14.4. The Kier molecular flexibility index (Phi) is 7.91. The van der Waals surface area contributed by atoms with Crippen molar-refractivity contribution in [2.75, 3.05) is 33.4 Å². The average molecular weight is 436 g/mol. The van der Waals surface area contributed by atoms with Crippen molar-refractivity contribution in [3.8, 4) is 0 Å². The molecule has 2 N–H and O–H groups in total. The van der Waals surface area contributed by atoms with E-state index in [1.54, 1.807) is 11.3 Å². The maximum atomic E-state index is 13.2. The number of aryl methyl sites for hydroxylation is 1. The number of ether oxygens (including phenoxy) is 2. The predicted octanol–water partition coefficient (Wildman–Crippen LogP) is 3.11. The number of alkyl carbamates (subject to hydrolysis) is 1. The summed E-state index contributed by atoms with van der Waals surface area (Å²) in [6, 6.07) is 2.52. The van der Waals surface area contributed by atoms with Crippen molar-refractivity contribution in [1.82, 2.24) is 15.5 Å². The van der Waals surface area contributed by atoms with Gasteiger partial charge in [0.2, 0.25) is 0 Å². The van der Waals surface area contributed by atoms with Crippen LogP contribution >= 0.6 is 11.3 Å². The smallest absolute Gasteiger partial charge is 0.406 e. The van der Waals surface area contributed by atoms with Gasteiger partial charge in [-0.15, -0.1) is 11.3 Å². The minimum atomic E-state index is -0.409. The number of carbonyl (C=O) groups is 2. The molecule has 1 saturated heterocycles. The summed E-state index contributed by atoms with van der Waals surface area (Å²) in [6.07, 6.45) is 2.95. The number of thiophene rings is 1. The molecule has 1 aromatic rings. The molecule has 2 amide bonds. The van der Waals surface area contributed by atoms with Crippen LogP contribution in [0.3, 0.4) is 0 Å². The fourth-order valence-corrected chi connectivity index (χ4v) is 5.00. The molecule has 1 aliphatic heterocycles. The Labute approximate surface area is 182 Å². The van der Waals surface area contributed by atoms with Crippen LogP contribution in [0.5, 0.6) is 0 Å². The number of carbonyl (C=O) groups excluding carboxylic acids is 2. The zero-order chi connectivity index (χ0) is 21.7. The standard InChI is InChI=1S/C22H33N3O4S/c1-14(2)20-16(6-5-9-24-22(27)28-4)12-19(30-20)15(3)25(17-7-8-17)21(26)18-13-23-10-11-29-18/h12,15,17-18,23H,1,5-11,13H2,2-4H3,(H,24,27)/t15?,18-/m1/s1. The summed E-state index contributed by atoms with van der Waals surface area (Å²) in [4.78, 5) is 28.8. The zero-order valence-electron chi connectivity index (χ0n) is 18.2. The topological polar surface area (TPSA) is 79.9 Å². The highest BCUT2D eigenvalue weighted by atomic mass is 32.1. The molecule has 1 aliphatic carbocycles. The van der Waals surface area contributed by atoms with Crippen molar-refractivity contribution in [3.63, 3.8) is 0 Å². The molecule has 1 aromatic heterocycles. The summed E-state index contributed by atoms with van der Waals surface area (Å²) in [7, 11) is 1.36. The van der Waals surface area contributed by atoms with Crippen molar-refractivity contribution in [2.24, 2.45) is 0 Å². The van der Waals surface area contributed by atoms with Gasteiger partial charge in [-0.25, -0.2) is 4.79 Å². The Balaban J connectivity index is 1.71. The molecule has 2 aliphatic rings. The summed E-state index contributed by atoms with van der Waals surface area (Å²) in [6.45, 7) is 10.8.